The van der Waals surface area contributed by atoms with Crippen LogP contribution in [0.3, 0.4) is 0 Å². The highest BCUT2D eigenvalue weighted by Crippen LogP contribution is 2.24. The molecule has 0 atom stereocenters. The lowest BCUT2D eigenvalue weighted by atomic mass is 10.1. The van der Waals surface area contributed by atoms with Crippen LogP contribution in [0.15, 0.2) is 67.1 Å². The van der Waals surface area contributed by atoms with E-state index < -0.39 is 0 Å². The fraction of sp³-hybridized carbons (Fsp3) is 0.118. The minimum absolute atomic E-state index is 0.836. The summed E-state index contributed by atoms with van der Waals surface area (Å²) in [7, 11) is 1.96. The van der Waals surface area contributed by atoms with Crippen LogP contribution in [0.25, 0.3) is 16.9 Å². The zero-order valence-corrected chi connectivity index (χ0v) is 11.5. The summed E-state index contributed by atoms with van der Waals surface area (Å²) in [6.07, 6.45) is 3.78. The molecule has 1 N–H and O–H groups in total. The van der Waals surface area contributed by atoms with Gasteiger partial charge in [0, 0.05) is 12.1 Å². The van der Waals surface area contributed by atoms with Gasteiger partial charge < -0.3 is 5.32 Å². The van der Waals surface area contributed by atoms with Gasteiger partial charge >= 0.3 is 0 Å². The van der Waals surface area contributed by atoms with E-state index in [1.165, 1.54) is 16.8 Å². The summed E-state index contributed by atoms with van der Waals surface area (Å²) in [6, 6.07) is 18.7. The van der Waals surface area contributed by atoms with Crippen LogP contribution in [0, 0.1) is 0 Å². The predicted octanol–water partition coefficient (Wildman–Crippen LogP) is 3.26. The third-order valence-electron chi connectivity index (χ3n) is 3.33. The van der Waals surface area contributed by atoms with E-state index in [4.69, 9.17) is 0 Å². The molecule has 0 unspecified atom stereocenters. The van der Waals surface area contributed by atoms with Crippen LogP contribution < -0.4 is 5.32 Å². The van der Waals surface area contributed by atoms with E-state index in [0.29, 0.717) is 0 Å². The fourth-order valence-corrected chi connectivity index (χ4v) is 2.40. The van der Waals surface area contributed by atoms with Crippen molar-refractivity contribution in [2.24, 2.45) is 0 Å². The highest BCUT2D eigenvalue weighted by molar-refractivity contribution is 5.62. The van der Waals surface area contributed by atoms with Gasteiger partial charge in [-0.3, -0.25) is 4.57 Å². The lowest BCUT2D eigenvalue weighted by molar-refractivity contribution is 0.808. The van der Waals surface area contributed by atoms with Gasteiger partial charge in [0.05, 0.1) is 23.9 Å². The van der Waals surface area contributed by atoms with Gasteiger partial charge in [0.2, 0.25) is 0 Å². The van der Waals surface area contributed by atoms with Crippen LogP contribution in [-0.2, 0) is 6.54 Å². The van der Waals surface area contributed by atoms with Gasteiger partial charge in [0.15, 0.2) is 0 Å². The minimum Gasteiger partial charge on any atom is -0.316 e. The maximum absolute atomic E-state index is 4.32. The lowest BCUT2D eigenvalue weighted by Crippen LogP contribution is -2.09. The summed E-state index contributed by atoms with van der Waals surface area (Å²) in [4.78, 5) is 4.32. The van der Waals surface area contributed by atoms with E-state index in [9.17, 15) is 0 Å². The molecule has 3 aromatic rings. The Kier molecular flexibility index (Phi) is 3.61. The van der Waals surface area contributed by atoms with Crippen molar-refractivity contribution < 1.29 is 0 Å². The van der Waals surface area contributed by atoms with E-state index in [2.05, 4.69) is 51.3 Å². The average molecular weight is 263 g/mol. The first-order valence-electron chi connectivity index (χ1n) is 6.71. The number of para-hydroxylation sites is 1. The molecule has 0 radical (unpaired) electrons. The monoisotopic (exact) mass is 263 g/mol. The first-order valence-corrected chi connectivity index (χ1v) is 6.71. The van der Waals surface area contributed by atoms with Crippen LogP contribution in [-0.4, -0.2) is 16.6 Å². The topological polar surface area (TPSA) is 29.9 Å². The summed E-state index contributed by atoms with van der Waals surface area (Å²) in [6.45, 7) is 0.836. The fourth-order valence-electron chi connectivity index (χ4n) is 2.40. The number of rotatable bonds is 4. The number of nitrogens with zero attached hydrogens (tertiary/aromatic N) is 2. The van der Waals surface area contributed by atoms with E-state index in [0.717, 1.165) is 12.2 Å². The Morgan fingerprint density at radius 3 is 2.55 bits per heavy atom. The second-order valence-corrected chi connectivity index (χ2v) is 4.67. The largest absolute Gasteiger partial charge is 0.316 e. The number of nitrogens with one attached hydrogen (secondary N) is 1. The molecule has 0 bridgehead atoms. The molecule has 0 amide bonds. The number of hydrogen-bond donors (Lipinski definition) is 1. The molecule has 3 heteroatoms. The molecule has 0 fully saturated rings. The number of benzene rings is 2. The summed E-state index contributed by atoms with van der Waals surface area (Å²) in [5.74, 6) is 0. The Morgan fingerprint density at radius 2 is 1.75 bits per heavy atom. The molecule has 100 valence electrons. The maximum atomic E-state index is 4.32. The third-order valence-corrected chi connectivity index (χ3v) is 3.33. The second kappa shape index (κ2) is 5.72. The van der Waals surface area contributed by atoms with E-state index in [1.807, 2.05) is 37.8 Å². The van der Waals surface area contributed by atoms with Gasteiger partial charge in [-0.15, -0.1) is 0 Å². The summed E-state index contributed by atoms with van der Waals surface area (Å²) >= 11 is 0. The van der Waals surface area contributed by atoms with Gasteiger partial charge in [-0.05, 0) is 18.7 Å². The highest BCUT2D eigenvalue weighted by atomic mass is 15.1. The summed E-state index contributed by atoms with van der Waals surface area (Å²) < 4.78 is 2.14. The van der Waals surface area contributed by atoms with Crippen LogP contribution in [0.2, 0.25) is 0 Å². The molecule has 3 rings (SSSR count). The van der Waals surface area contributed by atoms with Crippen molar-refractivity contribution in [1.29, 1.82) is 0 Å². The zero-order valence-electron chi connectivity index (χ0n) is 11.5. The molecule has 0 saturated heterocycles. The Labute approximate surface area is 118 Å². The van der Waals surface area contributed by atoms with Crippen molar-refractivity contribution in [3.05, 3.63) is 72.7 Å². The molecule has 0 saturated carbocycles. The van der Waals surface area contributed by atoms with Crippen molar-refractivity contribution in [2.75, 3.05) is 7.05 Å². The number of aromatic nitrogens is 2. The second-order valence-electron chi connectivity index (χ2n) is 4.67. The first kappa shape index (κ1) is 12.6. The van der Waals surface area contributed by atoms with Crippen molar-refractivity contribution in [3.8, 4) is 16.9 Å². The molecule has 20 heavy (non-hydrogen) atoms. The van der Waals surface area contributed by atoms with E-state index in [-0.39, 0.29) is 0 Å². The van der Waals surface area contributed by atoms with Crippen molar-refractivity contribution >= 4 is 0 Å². The normalized spacial score (nSPS) is 10.7. The SMILES string of the molecule is CNCc1ccccc1-n1cncc1-c1ccccc1. The minimum atomic E-state index is 0.836. The molecular formula is C17H17N3. The molecule has 0 aliphatic carbocycles. The molecule has 0 aliphatic heterocycles. The zero-order chi connectivity index (χ0) is 13.8. The van der Waals surface area contributed by atoms with Crippen molar-refractivity contribution in [1.82, 2.24) is 14.9 Å². The van der Waals surface area contributed by atoms with Crippen molar-refractivity contribution in [2.45, 2.75) is 6.54 Å². The molecule has 1 aromatic heterocycles. The van der Waals surface area contributed by atoms with Crippen molar-refractivity contribution in [3.63, 3.8) is 0 Å². The molecule has 2 aromatic carbocycles. The molecular weight excluding hydrogens is 246 g/mol. The summed E-state index contributed by atoms with van der Waals surface area (Å²) in [5.41, 5.74) is 4.70. The lowest BCUT2D eigenvalue weighted by Gasteiger charge is -2.13. The van der Waals surface area contributed by atoms with Crippen LogP contribution in [0.5, 0.6) is 0 Å². The molecule has 0 aliphatic rings. The Balaban J connectivity index is 2.11. The molecule has 0 spiro atoms. The Bertz CT molecular complexity index is 686. The maximum Gasteiger partial charge on any atom is 0.0997 e. The van der Waals surface area contributed by atoms with Crippen LogP contribution >= 0.6 is 0 Å². The summed E-state index contributed by atoms with van der Waals surface area (Å²) in [5, 5.41) is 3.21. The highest BCUT2D eigenvalue weighted by Gasteiger charge is 2.09. The van der Waals surface area contributed by atoms with Crippen LogP contribution in [0.4, 0.5) is 0 Å². The van der Waals surface area contributed by atoms with E-state index >= 15 is 0 Å². The molecule has 1 heterocycles. The van der Waals surface area contributed by atoms with Gasteiger partial charge in [-0.1, -0.05) is 48.5 Å². The Morgan fingerprint density at radius 1 is 1.00 bits per heavy atom. The smallest absolute Gasteiger partial charge is 0.0997 e. The standard InChI is InChI=1S/C17H17N3/c1-18-11-15-9-5-6-10-16(15)20-13-19-12-17(20)14-7-3-2-4-8-14/h2-10,12-13,18H,11H2,1H3. The average Bonchev–Trinajstić information content (AvgIpc) is 2.98. The molecule has 3 nitrogen and oxygen atoms in total. The third kappa shape index (κ3) is 2.36. The number of hydrogen-bond acceptors (Lipinski definition) is 2. The van der Waals surface area contributed by atoms with Gasteiger partial charge in [-0.2, -0.15) is 0 Å². The number of imidazole rings is 1. The van der Waals surface area contributed by atoms with Gasteiger partial charge in [0.1, 0.15) is 0 Å². The van der Waals surface area contributed by atoms with Gasteiger partial charge in [0.25, 0.3) is 0 Å². The van der Waals surface area contributed by atoms with E-state index in [1.54, 1.807) is 0 Å². The quantitative estimate of drug-likeness (QED) is 0.783. The first-order chi connectivity index (χ1) is 9.90. The van der Waals surface area contributed by atoms with Gasteiger partial charge in [-0.25, -0.2) is 4.98 Å². The predicted molar refractivity (Wildman–Crippen MR) is 81.8 cm³/mol. The van der Waals surface area contributed by atoms with Crippen LogP contribution in [0.1, 0.15) is 5.56 Å². The Hall–Kier alpha value is -2.39.